The Morgan fingerprint density at radius 1 is 0.971 bits per heavy atom. The summed E-state index contributed by atoms with van der Waals surface area (Å²) in [6.45, 7) is 4.52. The van der Waals surface area contributed by atoms with Gasteiger partial charge in [0.1, 0.15) is 11.5 Å². The zero-order chi connectivity index (χ0) is 23.3. The van der Waals surface area contributed by atoms with Gasteiger partial charge in [0.05, 0.1) is 29.9 Å². The molecule has 176 valence electrons. The number of nitrogens with one attached hydrogen (secondary N) is 1. The number of morpholine rings is 1. The average molecular weight is 464 g/mol. The summed E-state index contributed by atoms with van der Waals surface area (Å²) in [7, 11) is 0. The van der Waals surface area contributed by atoms with Crippen LogP contribution in [0, 0.1) is 10.1 Å². The van der Waals surface area contributed by atoms with Gasteiger partial charge in [-0.25, -0.2) is 5.43 Å². The third-order valence-corrected chi connectivity index (χ3v) is 5.64. The molecule has 2 fully saturated rings. The highest BCUT2D eigenvalue weighted by Gasteiger charge is 2.21. The highest BCUT2D eigenvalue weighted by molar-refractivity contribution is 5.79. The molecule has 1 N–H and O–H groups in total. The number of nitro groups is 1. The van der Waals surface area contributed by atoms with Crippen LogP contribution in [0.15, 0.2) is 45.9 Å². The molecular weight excluding hydrogens is 440 g/mol. The lowest BCUT2D eigenvalue weighted by molar-refractivity contribution is -0.384. The second-order valence-corrected chi connectivity index (χ2v) is 7.90. The largest absolute Gasteiger partial charge is 0.455 e. The maximum atomic E-state index is 11.3. The van der Waals surface area contributed by atoms with Gasteiger partial charge in [0.25, 0.3) is 5.69 Å². The van der Waals surface area contributed by atoms with Crippen LogP contribution >= 0.6 is 0 Å². The summed E-state index contributed by atoms with van der Waals surface area (Å²) in [6, 6.07) is 9.80. The van der Waals surface area contributed by atoms with E-state index in [1.807, 2.05) is 0 Å². The van der Waals surface area contributed by atoms with Gasteiger partial charge < -0.3 is 19.0 Å². The molecule has 0 saturated carbocycles. The van der Waals surface area contributed by atoms with Crippen LogP contribution in [0.25, 0.3) is 11.3 Å². The van der Waals surface area contributed by atoms with Crippen LogP contribution in [-0.2, 0) is 4.74 Å². The van der Waals surface area contributed by atoms with Crippen LogP contribution in [0.2, 0.25) is 0 Å². The highest BCUT2D eigenvalue weighted by atomic mass is 16.6. The predicted molar refractivity (Wildman–Crippen MR) is 126 cm³/mol. The first kappa shape index (κ1) is 21.8. The molecule has 3 aromatic rings. The van der Waals surface area contributed by atoms with Gasteiger partial charge in [-0.2, -0.15) is 20.1 Å². The van der Waals surface area contributed by atoms with Crippen molar-refractivity contribution in [1.82, 2.24) is 15.0 Å². The summed E-state index contributed by atoms with van der Waals surface area (Å²) in [4.78, 5) is 28.8. The van der Waals surface area contributed by atoms with E-state index in [-0.39, 0.29) is 5.69 Å². The Balaban J connectivity index is 1.34. The standard InChI is InChI=1S/C22H24N8O4/c31-30(32)18-6-2-1-5-17(18)19-8-7-16(34-19)15-23-27-20-24-21(28-9-3-4-10-28)26-22(25-20)29-11-13-33-14-12-29/h1-2,5-8,15H,3-4,9-14H2,(H,24,25,26,27)/b23-15+. The molecular formula is C22H24N8O4. The fourth-order valence-electron chi connectivity index (χ4n) is 3.93. The van der Waals surface area contributed by atoms with Gasteiger partial charge in [-0.3, -0.25) is 10.1 Å². The molecule has 0 bridgehead atoms. The van der Waals surface area contributed by atoms with Gasteiger partial charge in [0, 0.05) is 32.2 Å². The molecule has 0 unspecified atom stereocenters. The van der Waals surface area contributed by atoms with E-state index < -0.39 is 4.92 Å². The molecule has 2 aromatic heterocycles. The summed E-state index contributed by atoms with van der Waals surface area (Å²) in [6.07, 6.45) is 3.70. The number of anilines is 3. The minimum absolute atomic E-state index is 0.0197. The van der Waals surface area contributed by atoms with E-state index in [9.17, 15) is 10.1 Å². The molecule has 12 nitrogen and oxygen atoms in total. The maximum absolute atomic E-state index is 11.3. The van der Waals surface area contributed by atoms with Crippen LogP contribution in [0.1, 0.15) is 18.6 Å². The lowest BCUT2D eigenvalue weighted by Gasteiger charge is -2.27. The molecule has 12 heteroatoms. The van der Waals surface area contributed by atoms with Gasteiger partial charge in [-0.1, -0.05) is 12.1 Å². The van der Waals surface area contributed by atoms with Crippen molar-refractivity contribution in [2.75, 3.05) is 54.6 Å². The molecule has 0 spiro atoms. The van der Waals surface area contributed by atoms with Crippen LogP contribution in [0.3, 0.4) is 0 Å². The molecule has 2 aliphatic rings. The minimum Gasteiger partial charge on any atom is -0.455 e. The van der Waals surface area contributed by atoms with Gasteiger partial charge in [-0.15, -0.1) is 0 Å². The highest BCUT2D eigenvalue weighted by Crippen LogP contribution is 2.30. The molecule has 1 aromatic carbocycles. The predicted octanol–water partition coefficient (Wildman–Crippen LogP) is 2.92. The van der Waals surface area contributed by atoms with Crippen molar-refractivity contribution in [3.63, 3.8) is 0 Å². The fraction of sp³-hybridized carbons (Fsp3) is 0.364. The monoisotopic (exact) mass is 464 g/mol. The Labute approximate surface area is 195 Å². The third kappa shape index (κ3) is 4.81. The average Bonchev–Trinajstić information content (AvgIpc) is 3.57. The number of hydrogen-bond acceptors (Lipinski definition) is 11. The molecule has 0 atom stereocenters. The van der Waals surface area contributed by atoms with Gasteiger partial charge >= 0.3 is 0 Å². The van der Waals surface area contributed by atoms with E-state index in [1.165, 1.54) is 12.3 Å². The van der Waals surface area contributed by atoms with Crippen molar-refractivity contribution in [3.05, 3.63) is 52.3 Å². The molecule has 34 heavy (non-hydrogen) atoms. The Morgan fingerprint density at radius 2 is 1.68 bits per heavy atom. The lowest BCUT2D eigenvalue weighted by atomic mass is 10.1. The zero-order valence-electron chi connectivity index (χ0n) is 18.5. The van der Waals surface area contributed by atoms with E-state index in [0.29, 0.717) is 61.2 Å². The van der Waals surface area contributed by atoms with Crippen molar-refractivity contribution in [3.8, 4) is 11.3 Å². The van der Waals surface area contributed by atoms with Crippen molar-refractivity contribution >= 4 is 29.7 Å². The topological polar surface area (TPSA) is 135 Å². The SMILES string of the molecule is O=[N+]([O-])c1ccccc1-c1ccc(/C=N/Nc2nc(N3CCCC3)nc(N3CCOCC3)n2)o1. The number of hydrazone groups is 1. The molecule has 0 radical (unpaired) electrons. The number of nitro benzene ring substituents is 1. The Hall–Kier alpha value is -4.06. The first-order chi connectivity index (χ1) is 16.7. The molecule has 5 rings (SSSR count). The lowest BCUT2D eigenvalue weighted by Crippen LogP contribution is -2.38. The maximum Gasteiger partial charge on any atom is 0.280 e. The Bertz CT molecular complexity index is 1190. The first-order valence-corrected chi connectivity index (χ1v) is 11.1. The van der Waals surface area contributed by atoms with Crippen LogP contribution in [0.4, 0.5) is 23.5 Å². The van der Waals surface area contributed by atoms with E-state index in [2.05, 4.69) is 35.3 Å². The molecule has 0 amide bonds. The first-order valence-electron chi connectivity index (χ1n) is 11.1. The summed E-state index contributed by atoms with van der Waals surface area (Å²) < 4.78 is 11.2. The van der Waals surface area contributed by atoms with Crippen molar-refractivity contribution in [2.45, 2.75) is 12.8 Å². The van der Waals surface area contributed by atoms with E-state index >= 15 is 0 Å². The van der Waals surface area contributed by atoms with Crippen LogP contribution in [0.5, 0.6) is 0 Å². The number of furan rings is 1. The minimum atomic E-state index is -0.433. The van der Waals surface area contributed by atoms with E-state index in [0.717, 1.165) is 25.9 Å². The number of para-hydroxylation sites is 1. The zero-order valence-corrected chi connectivity index (χ0v) is 18.5. The van der Waals surface area contributed by atoms with Gasteiger partial charge in [0.2, 0.25) is 17.8 Å². The second kappa shape index (κ2) is 9.83. The van der Waals surface area contributed by atoms with Gasteiger partial charge in [-0.05, 0) is 31.0 Å². The summed E-state index contributed by atoms with van der Waals surface area (Å²) in [5.41, 5.74) is 3.26. The number of benzene rings is 1. The number of rotatable bonds is 7. The molecule has 4 heterocycles. The second-order valence-electron chi connectivity index (χ2n) is 7.90. The van der Waals surface area contributed by atoms with Crippen molar-refractivity contribution in [1.29, 1.82) is 0 Å². The number of aromatic nitrogens is 3. The van der Waals surface area contributed by atoms with Crippen molar-refractivity contribution < 1.29 is 14.1 Å². The number of ether oxygens (including phenoxy) is 1. The van der Waals surface area contributed by atoms with E-state index in [1.54, 1.807) is 30.3 Å². The fourth-order valence-corrected chi connectivity index (χ4v) is 3.93. The summed E-state index contributed by atoms with van der Waals surface area (Å²) in [5.74, 6) is 2.38. The van der Waals surface area contributed by atoms with Crippen molar-refractivity contribution in [2.24, 2.45) is 5.10 Å². The molecule has 0 aliphatic carbocycles. The number of hydrogen-bond donors (Lipinski definition) is 1. The van der Waals surface area contributed by atoms with E-state index in [4.69, 9.17) is 9.15 Å². The number of nitrogens with zero attached hydrogens (tertiary/aromatic N) is 7. The molecule has 2 aliphatic heterocycles. The van der Waals surface area contributed by atoms with Gasteiger partial charge in [0.15, 0.2) is 0 Å². The normalized spacial score (nSPS) is 16.4. The summed E-state index contributed by atoms with van der Waals surface area (Å²) in [5, 5.41) is 15.5. The molecule has 2 saturated heterocycles. The Kier molecular flexibility index (Phi) is 6.29. The smallest absolute Gasteiger partial charge is 0.280 e. The quantitative estimate of drug-likeness (QED) is 0.316. The van der Waals surface area contributed by atoms with Crippen LogP contribution in [-0.4, -0.2) is 65.5 Å². The summed E-state index contributed by atoms with van der Waals surface area (Å²) >= 11 is 0. The third-order valence-electron chi connectivity index (χ3n) is 5.64. The van der Waals surface area contributed by atoms with Crippen LogP contribution < -0.4 is 15.2 Å². The Morgan fingerprint density at radius 3 is 2.41 bits per heavy atom.